The minimum Gasteiger partial charge on any atom is -0.275 e. The van der Waals surface area contributed by atoms with Gasteiger partial charge in [0.2, 0.25) is 0 Å². The summed E-state index contributed by atoms with van der Waals surface area (Å²) in [5.74, 6) is 0. The van der Waals surface area contributed by atoms with Gasteiger partial charge in [-0.3, -0.25) is 9.20 Å². The predicted octanol–water partition coefficient (Wildman–Crippen LogP) is 7.53. The molecule has 7 aromatic rings. The van der Waals surface area contributed by atoms with E-state index in [1.165, 1.54) is 11.1 Å². The molecule has 2 heteroatoms. The second kappa shape index (κ2) is 6.78. The van der Waals surface area contributed by atoms with E-state index in [1.807, 2.05) is 34.7 Å². The van der Waals surface area contributed by atoms with E-state index in [2.05, 4.69) is 84.9 Å². The van der Waals surface area contributed by atoms with Gasteiger partial charge in [0.05, 0.1) is 11.0 Å². The first-order chi connectivity index (χ1) is 16.3. The lowest BCUT2D eigenvalue weighted by Crippen LogP contribution is -2.12. The van der Waals surface area contributed by atoms with Gasteiger partial charge in [-0.1, -0.05) is 97.1 Å². The van der Waals surface area contributed by atoms with Crippen LogP contribution in [0.3, 0.4) is 0 Å². The maximum atomic E-state index is 13.5. The molecule has 2 heterocycles. The topological polar surface area (TPSA) is 21.5 Å². The quantitative estimate of drug-likeness (QED) is 0.264. The third kappa shape index (κ3) is 2.58. The molecular formula is C31H19NO. The van der Waals surface area contributed by atoms with Gasteiger partial charge >= 0.3 is 0 Å². The number of rotatable bonds is 2. The van der Waals surface area contributed by atoms with E-state index in [1.54, 1.807) is 0 Å². The van der Waals surface area contributed by atoms with Crippen molar-refractivity contribution in [2.75, 3.05) is 0 Å². The Morgan fingerprint density at radius 2 is 0.970 bits per heavy atom. The van der Waals surface area contributed by atoms with Crippen LogP contribution in [0.1, 0.15) is 0 Å². The Bertz CT molecular complexity index is 1860. The Kier molecular flexibility index (Phi) is 3.73. The first-order valence-corrected chi connectivity index (χ1v) is 11.2. The van der Waals surface area contributed by atoms with Crippen LogP contribution < -0.4 is 5.56 Å². The molecule has 2 aromatic heterocycles. The van der Waals surface area contributed by atoms with E-state index < -0.39 is 0 Å². The van der Waals surface area contributed by atoms with Crippen molar-refractivity contribution in [2.45, 2.75) is 0 Å². The average molecular weight is 421 g/mol. The van der Waals surface area contributed by atoms with Crippen LogP contribution in [0.25, 0.3) is 60.2 Å². The summed E-state index contributed by atoms with van der Waals surface area (Å²) < 4.78 is 1.89. The summed E-state index contributed by atoms with van der Waals surface area (Å²) in [6.07, 6.45) is 0. The highest BCUT2D eigenvalue weighted by Crippen LogP contribution is 2.36. The Morgan fingerprint density at radius 1 is 0.424 bits per heavy atom. The predicted molar refractivity (Wildman–Crippen MR) is 138 cm³/mol. The molecular weight excluding hydrogens is 402 g/mol. The SMILES string of the molecule is O=c1c2ccccc2c2cccc3c4cc(-c5ccc(-c6ccccc6)cc5)ccc4n1c23. The smallest absolute Gasteiger partial charge is 0.263 e. The molecule has 0 unspecified atom stereocenters. The van der Waals surface area contributed by atoms with Crippen molar-refractivity contribution in [3.8, 4) is 22.3 Å². The summed E-state index contributed by atoms with van der Waals surface area (Å²) in [6.45, 7) is 0. The second-order valence-electron chi connectivity index (χ2n) is 8.56. The summed E-state index contributed by atoms with van der Waals surface area (Å²) in [7, 11) is 0. The largest absolute Gasteiger partial charge is 0.275 e. The van der Waals surface area contributed by atoms with Gasteiger partial charge in [-0.15, -0.1) is 0 Å². The Balaban J connectivity index is 1.47. The van der Waals surface area contributed by atoms with E-state index in [0.29, 0.717) is 0 Å². The number of fused-ring (bicyclic) bond motifs is 5. The van der Waals surface area contributed by atoms with Crippen molar-refractivity contribution >= 4 is 38.0 Å². The van der Waals surface area contributed by atoms with E-state index in [0.717, 1.165) is 49.1 Å². The number of nitrogens with zero attached hydrogens (tertiary/aromatic N) is 1. The second-order valence-corrected chi connectivity index (χ2v) is 8.56. The Morgan fingerprint density at radius 3 is 1.73 bits per heavy atom. The van der Waals surface area contributed by atoms with Crippen LogP contribution in [0.4, 0.5) is 0 Å². The number of aromatic nitrogens is 1. The monoisotopic (exact) mass is 421 g/mol. The van der Waals surface area contributed by atoms with Gasteiger partial charge in [0.15, 0.2) is 0 Å². The minimum absolute atomic E-state index is 0.0456. The highest BCUT2D eigenvalue weighted by molar-refractivity contribution is 6.20. The standard InChI is InChI=1S/C31H19NO/c33-31-27-10-5-4-9-24(27)25-11-6-12-26-28-19-23(17-18-29(28)32(31)30(25)26)22-15-13-21(14-16-22)20-7-2-1-3-8-20/h1-19H. The average Bonchev–Trinajstić information content (AvgIpc) is 3.23. The van der Waals surface area contributed by atoms with Gasteiger partial charge < -0.3 is 0 Å². The van der Waals surface area contributed by atoms with E-state index in [4.69, 9.17) is 0 Å². The molecule has 0 bridgehead atoms. The molecule has 0 saturated heterocycles. The van der Waals surface area contributed by atoms with Crippen molar-refractivity contribution in [1.82, 2.24) is 4.40 Å². The number of pyridine rings is 1. The molecule has 5 aromatic carbocycles. The molecule has 0 aliphatic carbocycles. The Hall–Kier alpha value is -4.43. The van der Waals surface area contributed by atoms with Crippen molar-refractivity contribution in [3.63, 3.8) is 0 Å². The van der Waals surface area contributed by atoms with Gasteiger partial charge in [-0.05, 0) is 45.8 Å². The molecule has 0 N–H and O–H groups in total. The molecule has 154 valence electrons. The molecule has 0 saturated carbocycles. The highest BCUT2D eigenvalue weighted by Gasteiger charge is 2.17. The summed E-state index contributed by atoms with van der Waals surface area (Å²) in [5, 5.41) is 5.12. The van der Waals surface area contributed by atoms with Crippen LogP contribution in [0, 0.1) is 0 Å². The maximum absolute atomic E-state index is 13.5. The van der Waals surface area contributed by atoms with E-state index in [9.17, 15) is 4.79 Å². The first kappa shape index (κ1) is 18.2. The molecule has 0 spiro atoms. The third-order valence-electron chi connectivity index (χ3n) is 6.76. The summed E-state index contributed by atoms with van der Waals surface area (Å²) >= 11 is 0. The first-order valence-electron chi connectivity index (χ1n) is 11.2. The zero-order valence-electron chi connectivity index (χ0n) is 17.8. The lowest BCUT2D eigenvalue weighted by molar-refractivity contribution is 1.21. The molecule has 33 heavy (non-hydrogen) atoms. The van der Waals surface area contributed by atoms with Crippen LogP contribution >= 0.6 is 0 Å². The van der Waals surface area contributed by atoms with Gasteiger partial charge in [0.1, 0.15) is 0 Å². The molecule has 0 amide bonds. The normalized spacial score (nSPS) is 11.8. The van der Waals surface area contributed by atoms with Gasteiger partial charge in [0, 0.05) is 21.5 Å². The van der Waals surface area contributed by atoms with Gasteiger partial charge in [-0.25, -0.2) is 0 Å². The molecule has 0 fully saturated rings. The number of hydrogen-bond acceptors (Lipinski definition) is 1. The fourth-order valence-corrected chi connectivity index (χ4v) is 5.19. The lowest BCUT2D eigenvalue weighted by atomic mass is 9.99. The van der Waals surface area contributed by atoms with Crippen LogP contribution in [-0.4, -0.2) is 4.40 Å². The lowest BCUT2D eigenvalue weighted by Gasteiger charge is -2.06. The van der Waals surface area contributed by atoms with E-state index >= 15 is 0 Å². The molecule has 0 radical (unpaired) electrons. The number of benzene rings is 5. The molecule has 0 aliphatic heterocycles. The minimum atomic E-state index is 0.0456. The van der Waals surface area contributed by atoms with Crippen LogP contribution in [0.15, 0.2) is 120 Å². The maximum Gasteiger partial charge on any atom is 0.263 e. The fourth-order valence-electron chi connectivity index (χ4n) is 5.19. The van der Waals surface area contributed by atoms with E-state index in [-0.39, 0.29) is 5.56 Å². The zero-order chi connectivity index (χ0) is 21.9. The Labute approximate surface area is 190 Å². The van der Waals surface area contributed by atoms with Crippen LogP contribution in [0.2, 0.25) is 0 Å². The van der Waals surface area contributed by atoms with Gasteiger partial charge in [-0.2, -0.15) is 0 Å². The summed E-state index contributed by atoms with van der Waals surface area (Å²) in [6, 6.07) is 39.8. The molecule has 7 rings (SSSR count). The van der Waals surface area contributed by atoms with Gasteiger partial charge in [0.25, 0.3) is 5.56 Å². The van der Waals surface area contributed by atoms with Crippen molar-refractivity contribution in [1.29, 1.82) is 0 Å². The summed E-state index contributed by atoms with van der Waals surface area (Å²) in [4.78, 5) is 13.5. The van der Waals surface area contributed by atoms with Crippen LogP contribution in [-0.2, 0) is 0 Å². The molecule has 0 aliphatic rings. The zero-order valence-corrected chi connectivity index (χ0v) is 17.8. The molecule has 0 atom stereocenters. The molecule has 2 nitrogen and oxygen atoms in total. The fraction of sp³-hybridized carbons (Fsp3) is 0. The van der Waals surface area contributed by atoms with Crippen molar-refractivity contribution < 1.29 is 0 Å². The third-order valence-corrected chi connectivity index (χ3v) is 6.76. The number of para-hydroxylation sites is 1. The summed E-state index contributed by atoms with van der Waals surface area (Å²) in [5.41, 5.74) is 6.75. The van der Waals surface area contributed by atoms with Crippen LogP contribution in [0.5, 0.6) is 0 Å². The van der Waals surface area contributed by atoms with Crippen molar-refractivity contribution in [2.24, 2.45) is 0 Å². The van der Waals surface area contributed by atoms with Crippen molar-refractivity contribution in [3.05, 3.63) is 126 Å². The highest BCUT2D eigenvalue weighted by atomic mass is 16.1. The number of hydrogen-bond donors (Lipinski definition) is 0.